The average molecular weight is 284 g/mol. The highest BCUT2D eigenvalue weighted by atomic mass is 32.2. The first kappa shape index (κ1) is 13.8. The third kappa shape index (κ3) is 3.24. The summed E-state index contributed by atoms with van der Waals surface area (Å²) < 4.78 is 37.1. The first-order valence-electron chi connectivity index (χ1n) is 5.85. The van der Waals surface area contributed by atoms with E-state index in [1.165, 1.54) is 0 Å². The number of sulfonamides is 1. The highest BCUT2D eigenvalue weighted by molar-refractivity contribution is 7.89. The number of nitrogens with zero attached hydrogens (tertiary/aromatic N) is 1. The SMILES string of the molecule is COCCCOc1cccc2c1C(N)=NS(=O)(=O)C2. The predicted molar refractivity (Wildman–Crippen MR) is 71.8 cm³/mol. The molecule has 0 saturated carbocycles. The van der Waals surface area contributed by atoms with E-state index in [0.29, 0.717) is 30.1 Å². The van der Waals surface area contributed by atoms with Crippen molar-refractivity contribution in [1.82, 2.24) is 0 Å². The van der Waals surface area contributed by atoms with E-state index in [1.807, 2.05) is 0 Å². The summed E-state index contributed by atoms with van der Waals surface area (Å²) in [5.41, 5.74) is 6.92. The number of benzene rings is 1. The van der Waals surface area contributed by atoms with Crippen molar-refractivity contribution >= 4 is 15.9 Å². The average Bonchev–Trinajstić information content (AvgIpc) is 2.32. The summed E-state index contributed by atoms with van der Waals surface area (Å²) in [7, 11) is -1.88. The fourth-order valence-electron chi connectivity index (χ4n) is 1.92. The van der Waals surface area contributed by atoms with Crippen LogP contribution in [0.5, 0.6) is 5.75 Å². The van der Waals surface area contributed by atoms with Crippen LogP contribution in [-0.4, -0.2) is 34.6 Å². The summed E-state index contributed by atoms with van der Waals surface area (Å²) >= 11 is 0. The van der Waals surface area contributed by atoms with E-state index in [0.717, 1.165) is 6.42 Å². The van der Waals surface area contributed by atoms with Gasteiger partial charge in [0.15, 0.2) is 0 Å². The first-order chi connectivity index (χ1) is 9.03. The molecule has 0 spiro atoms. The van der Waals surface area contributed by atoms with Crippen LogP contribution in [0.1, 0.15) is 17.5 Å². The maximum Gasteiger partial charge on any atom is 0.259 e. The second-order valence-electron chi connectivity index (χ2n) is 4.19. The summed E-state index contributed by atoms with van der Waals surface area (Å²) in [6.07, 6.45) is 0.746. The number of hydrogen-bond donors (Lipinski definition) is 1. The lowest BCUT2D eigenvalue weighted by atomic mass is 10.1. The second-order valence-corrected chi connectivity index (χ2v) is 5.82. The smallest absolute Gasteiger partial charge is 0.259 e. The molecule has 104 valence electrons. The summed E-state index contributed by atoms with van der Waals surface area (Å²) in [6.45, 7) is 1.08. The topological polar surface area (TPSA) is 91.0 Å². The maximum atomic E-state index is 11.5. The summed E-state index contributed by atoms with van der Waals surface area (Å²) in [6, 6.07) is 5.22. The summed E-state index contributed by atoms with van der Waals surface area (Å²) in [5.74, 6) is 0.409. The van der Waals surface area contributed by atoms with Gasteiger partial charge in [-0.15, -0.1) is 4.40 Å². The quantitative estimate of drug-likeness (QED) is 0.802. The molecule has 0 aromatic heterocycles. The van der Waals surface area contributed by atoms with Gasteiger partial charge in [0.2, 0.25) is 0 Å². The molecule has 1 aliphatic rings. The fourth-order valence-corrected chi connectivity index (χ4v) is 3.01. The molecule has 2 N–H and O–H groups in total. The molecule has 1 aliphatic heterocycles. The molecule has 7 heteroatoms. The Labute approximate surface area is 112 Å². The zero-order valence-corrected chi connectivity index (χ0v) is 11.4. The Morgan fingerprint density at radius 1 is 1.37 bits per heavy atom. The highest BCUT2D eigenvalue weighted by Crippen LogP contribution is 2.28. The number of hydrogen-bond acceptors (Lipinski definition) is 5. The molecular formula is C12H16N2O4S. The minimum atomic E-state index is -3.50. The van der Waals surface area contributed by atoms with Crippen molar-refractivity contribution in [1.29, 1.82) is 0 Å². The Bertz CT molecular complexity index is 596. The van der Waals surface area contributed by atoms with E-state index in [4.69, 9.17) is 15.2 Å². The van der Waals surface area contributed by atoms with E-state index in [2.05, 4.69) is 4.40 Å². The number of amidine groups is 1. The Hall–Kier alpha value is -1.60. The third-order valence-electron chi connectivity index (χ3n) is 2.69. The third-order valence-corrected chi connectivity index (χ3v) is 3.85. The first-order valence-corrected chi connectivity index (χ1v) is 7.46. The van der Waals surface area contributed by atoms with Crippen LogP contribution in [0.25, 0.3) is 0 Å². The monoisotopic (exact) mass is 284 g/mol. The maximum absolute atomic E-state index is 11.5. The lowest BCUT2D eigenvalue weighted by Gasteiger charge is -2.18. The number of fused-ring (bicyclic) bond motifs is 1. The van der Waals surface area contributed by atoms with Crippen molar-refractivity contribution in [3.8, 4) is 5.75 Å². The van der Waals surface area contributed by atoms with Gasteiger partial charge in [-0.25, -0.2) is 8.42 Å². The van der Waals surface area contributed by atoms with Crippen molar-refractivity contribution in [3.63, 3.8) is 0 Å². The minimum Gasteiger partial charge on any atom is -0.493 e. The molecule has 0 amide bonds. The molecule has 0 aliphatic carbocycles. The molecule has 1 heterocycles. The second kappa shape index (κ2) is 5.58. The number of methoxy groups -OCH3 is 1. The largest absolute Gasteiger partial charge is 0.493 e. The molecule has 1 aromatic rings. The van der Waals surface area contributed by atoms with Crippen LogP contribution < -0.4 is 10.5 Å². The Morgan fingerprint density at radius 3 is 2.89 bits per heavy atom. The number of rotatable bonds is 5. The van der Waals surface area contributed by atoms with Gasteiger partial charge in [-0.2, -0.15) is 0 Å². The van der Waals surface area contributed by atoms with Crippen LogP contribution in [-0.2, 0) is 20.5 Å². The van der Waals surface area contributed by atoms with Gasteiger partial charge >= 0.3 is 0 Å². The molecule has 2 rings (SSSR count). The lowest BCUT2D eigenvalue weighted by molar-refractivity contribution is 0.172. The summed E-state index contributed by atoms with van der Waals surface area (Å²) in [5, 5.41) is 0. The predicted octanol–water partition coefficient (Wildman–Crippen LogP) is 0.651. The van der Waals surface area contributed by atoms with E-state index < -0.39 is 10.0 Å². The van der Waals surface area contributed by atoms with Crippen LogP contribution in [0, 0.1) is 0 Å². The van der Waals surface area contributed by atoms with Gasteiger partial charge in [0.05, 0.1) is 17.9 Å². The molecule has 0 radical (unpaired) electrons. The normalized spacial score (nSPS) is 16.6. The van der Waals surface area contributed by atoms with Crippen molar-refractivity contribution in [3.05, 3.63) is 29.3 Å². The fraction of sp³-hybridized carbons (Fsp3) is 0.417. The molecule has 1 aromatic carbocycles. The van der Waals surface area contributed by atoms with Gasteiger partial charge in [0.1, 0.15) is 11.6 Å². The number of ether oxygens (including phenoxy) is 2. The van der Waals surface area contributed by atoms with E-state index in [-0.39, 0.29) is 11.6 Å². The molecule has 0 fully saturated rings. The zero-order chi connectivity index (χ0) is 13.9. The molecule has 0 bridgehead atoms. The van der Waals surface area contributed by atoms with Gasteiger partial charge in [0, 0.05) is 20.1 Å². The van der Waals surface area contributed by atoms with Gasteiger partial charge in [-0.3, -0.25) is 0 Å². The molecule has 0 saturated heterocycles. The Morgan fingerprint density at radius 2 is 2.16 bits per heavy atom. The molecule has 0 atom stereocenters. The zero-order valence-electron chi connectivity index (χ0n) is 10.6. The minimum absolute atomic E-state index is 0.0106. The highest BCUT2D eigenvalue weighted by Gasteiger charge is 2.24. The van der Waals surface area contributed by atoms with E-state index >= 15 is 0 Å². The number of nitrogens with two attached hydrogens (primary N) is 1. The Balaban J connectivity index is 2.24. The molecule has 6 nitrogen and oxygen atoms in total. The van der Waals surface area contributed by atoms with Crippen molar-refractivity contribution in [2.45, 2.75) is 12.2 Å². The van der Waals surface area contributed by atoms with Gasteiger partial charge in [0.25, 0.3) is 10.0 Å². The van der Waals surface area contributed by atoms with Crippen LogP contribution in [0.3, 0.4) is 0 Å². The molecule has 19 heavy (non-hydrogen) atoms. The van der Waals surface area contributed by atoms with E-state index in [9.17, 15) is 8.42 Å². The van der Waals surface area contributed by atoms with Crippen molar-refractivity contribution in [2.75, 3.05) is 20.3 Å². The standard InChI is InChI=1S/C12H16N2O4S/c1-17-6-3-7-18-10-5-2-4-9-8-19(15,16)14-12(13)11(9)10/h2,4-5H,3,6-8H2,1H3,(H2,13,14). The van der Waals surface area contributed by atoms with Gasteiger partial charge in [-0.05, 0) is 11.6 Å². The van der Waals surface area contributed by atoms with E-state index in [1.54, 1.807) is 25.3 Å². The van der Waals surface area contributed by atoms with Crippen LogP contribution >= 0.6 is 0 Å². The van der Waals surface area contributed by atoms with Crippen LogP contribution in [0.4, 0.5) is 0 Å². The van der Waals surface area contributed by atoms with Crippen LogP contribution in [0.15, 0.2) is 22.6 Å². The summed E-state index contributed by atoms with van der Waals surface area (Å²) in [4.78, 5) is 0. The van der Waals surface area contributed by atoms with Crippen LogP contribution in [0.2, 0.25) is 0 Å². The van der Waals surface area contributed by atoms with Crippen molar-refractivity contribution < 1.29 is 17.9 Å². The lowest BCUT2D eigenvalue weighted by Crippen LogP contribution is -2.24. The molecule has 0 unspecified atom stereocenters. The Kier molecular flexibility index (Phi) is 4.06. The molecular weight excluding hydrogens is 268 g/mol. The van der Waals surface area contributed by atoms with Gasteiger partial charge in [-0.1, -0.05) is 12.1 Å². The van der Waals surface area contributed by atoms with Gasteiger partial charge < -0.3 is 15.2 Å². The van der Waals surface area contributed by atoms with Crippen molar-refractivity contribution in [2.24, 2.45) is 10.1 Å².